The molecule has 2 rings (SSSR count). The van der Waals surface area contributed by atoms with Crippen molar-refractivity contribution < 1.29 is 14.3 Å². The van der Waals surface area contributed by atoms with E-state index in [0.717, 1.165) is 0 Å². The molecule has 72 valence electrons. The van der Waals surface area contributed by atoms with Gasteiger partial charge in [0, 0.05) is 0 Å². The molecule has 14 heavy (non-hydrogen) atoms. The minimum absolute atomic E-state index is 0.0764. The Bertz CT molecular complexity index is 492. The molecule has 0 fully saturated rings. The number of aliphatic hydroxyl groups excluding tert-OH is 1. The first kappa shape index (κ1) is 9.18. The lowest BCUT2D eigenvalue weighted by atomic mass is 10.2. The number of hydrogen-bond acceptors (Lipinski definition) is 4. The first-order chi connectivity index (χ1) is 6.70. The van der Waals surface area contributed by atoms with Gasteiger partial charge in [-0.05, 0) is 29.3 Å². The largest absolute Gasteiger partial charge is 0.433 e. The number of carbonyl (C=O) groups excluding carboxylic acids is 1. The summed E-state index contributed by atoms with van der Waals surface area (Å²) in [6.45, 7) is -0.0764. The van der Waals surface area contributed by atoms with Crippen LogP contribution < -0.4 is 0 Å². The van der Waals surface area contributed by atoms with Crippen LogP contribution >= 0.6 is 11.6 Å². The average molecular weight is 212 g/mol. The van der Waals surface area contributed by atoms with E-state index in [-0.39, 0.29) is 12.5 Å². The second kappa shape index (κ2) is 3.40. The van der Waals surface area contributed by atoms with Gasteiger partial charge < -0.3 is 9.52 Å². The van der Waals surface area contributed by atoms with Gasteiger partial charge in [-0.2, -0.15) is 0 Å². The van der Waals surface area contributed by atoms with Crippen molar-refractivity contribution in [3.63, 3.8) is 0 Å². The maximum absolute atomic E-state index is 10.7. The highest BCUT2D eigenvalue weighted by molar-refractivity contribution is 6.67. The van der Waals surface area contributed by atoms with Crippen LogP contribution in [-0.2, 0) is 6.61 Å². The van der Waals surface area contributed by atoms with E-state index >= 15 is 0 Å². The van der Waals surface area contributed by atoms with Crippen molar-refractivity contribution in [1.29, 1.82) is 0 Å². The first-order valence-corrected chi connectivity index (χ1v) is 4.28. The minimum atomic E-state index is -0.730. The fourth-order valence-corrected chi connectivity index (χ4v) is 1.24. The first-order valence-electron chi connectivity index (χ1n) is 3.91. The number of carbonyl (C=O) groups is 1. The molecule has 1 aromatic heterocycles. The van der Waals surface area contributed by atoms with E-state index in [9.17, 15) is 4.79 Å². The van der Waals surface area contributed by atoms with E-state index in [1.54, 1.807) is 18.2 Å². The lowest BCUT2D eigenvalue weighted by molar-refractivity contribution is 0.105. The predicted octanol–water partition coefficient (Wildman–Crippen LogP) is 1.70. The Balaban J connectivity index is 2.60. The second-order valence-electron chi connectivity index (χ2n) is 2.75. The highest BCUT2D eigenvalue weighted by Crippen LogP contribution is 2.18. The Hall–Kier alpha value is -1.39. The normalized spacial score (nSPS) is 10.7. The topological polar surface area (TPSA) is 63.3 Å². The van der Waals surface area contributed by atoms with Crippen LogP contribution in [0.25, 0.3) is 11.1 Å². The fourth-order valence-electron chi connectivity index (χ4n) is 1.16. The van der Waals surface area contributed by atoms with Crippen LogP contribution in [0.3, 0.4) is 0 Å². The van der Waals surface area contributed by atoms with Gasteiger partial charge in [-0.15, -0.1) is 0 Å². The van der Waals surface area contributed by atoms with E-state index in [4.69, 9.17) is 21.1 Å². The highest BCUT2D eigenvalue weighted by Gasteiger charge is 2.11. The lowest BCUT2D eigenvalue weighted by Crippen LogP contribution is -1.86. The van der Waals surface area contributed by atoms with Crippen molar-refractivity contribution in [3.8, 4) is 0 Å². The number of oxazole rings is 1. The molecule has 0 radical (unpaired) electrons. The fraction of sp³-hybridized carbons (Fsp3) is 0.111. The molecule has 0 spiro atoms. The summed E-state index contributed by atoms with van der Waals surface area (Å²) in [7, 11) is 0. The molecule has 1 N–H and O–H groups in total. The van der Waals surface area contributed by atoms with Gasteiger partial charge in [-0.1, -0.05) is 6.07 Å². The van der Waals surface area contributed by atoms with Crippen molar-refractivity contribution in [2.75, 3.05) is 0 Å². The molecular weight excluding hydrogens is 206 g/mol. The van der Waals surface area contributed by atoms with E-state index in [1.165, 1.54) is 0 Å². The average Bonchev–Trinajstić information content (AvgIpc) is 2.59. The SMILES string of the molecule is O=C(Cl)c1nc2cc(CO)ccc2o1. The van der Waals surface area contributed by atoms with E-state index < -0.39 is 5.24 Å². The van der Waals surface area contributed by atoms with Crippen molar-refractivity contribution in [1.82, 2.24) is 4.98 Å². The lowest BCUT2D eigenvalue weighted by Gasteiger charge is -1.92. The summed E-state index contributed by atoms with van der Waals surface area (Å²) in [5.74, 6) is -0.128. The maximum atomic E-state index is 10.7. The summed E-state index contributed by atoms with van der Waals surface area (Å²) >= 11 is 5.20. The molecule has 0 aliphatic rings. The summed E-state index contributed by atoms with van der Waals surface area (Å²) in [5.41, 5.74) is 1.70. The zero-order valence-electron chi connectivity index (χ0n) is 7.03. The smallest absolute Gasteiger partial charge is 0.307 e. The molecule has 0 atom stereocenters. The van der Waals surface area contributed by atoms with Crippen molar-refractivity contribution in [3.05, 3.63) is 29.7 Å². The van der Waals surface area contributed by atoms with Crippen LogP contribution in [0.5, 0.6) is 0 Å². The predicted molar refractivity (Wildman–Crippen MR) is 50.1 cm³/mol. The quantitative estimate of drug-likeness (QED) is 0.768. The maximum Gasteiger partial charge on any atom is 0.307 e. The highest BCUT2D eigenvalue weighted by atomic mass is 35.5. The minimum Gasteiger partial charge on any atom is -0.433 e. The molecule has 1 aromatic carbocycles. The van der Waals surface area contributed by atoms with Gasteiger partial charge in [0.1, 0.15) is 5.52 Å². The molecular formula is C9H6ClNO3. The third-order valence-electron chi connectivity index (χ3n) is 1.80. The number of hydrogen-bond donors (Lipinski definition) is 1. The van der Waals surface area contributed by atoms with Gasteiger partial charge in [0.15, 0.2) is 5.58 Å². The summed E-state index contributed by atoms with van der Waals surface area (Å²) in [6, 6.07) is 4.97. The summed E-state index contributed by atoms with van der Waals surface area (Å²) < 4.78 is 5.05. The Morgan fingerprint density at radius 1 is 1.57 bits per heavy atom. The summed E-state index contributed by atoms with van der Waals surface area (Å²) in [5, 5.41) is 8.13. The number of halogens is 1. The Labute approximate surface area is 84.1 Å². The van der Waals surface area contributed by atoms with Gasteiger partial charge >= 0.3 is 5.24 Å². The molecule has 1 heterocycles. The van der Waals surface area contributed by atoms with Gasteiger partial charge in [-0.3, -0.25) is 4.79 Å². The number of benzene rings is 1. The number of fused-ring (bicyclic) bond motifs is 1. The van der Waals surface area contributed by atoms with Crippen LogP contribution in [0, 0.1) is 0 Å². The molecule has 2 aromatic rings. The van der Waals surface area contributed by atoms with Crippen LogP contribution in [0.1, 0.15) is 16.2 Å². The molecule has 0 saturated carbocycles. The Morgan fingerprint density at radius 2 is 2.36 bits per heavy atom. The molecule has 0 saturated heterocycles. The van der Waals surface area contributed by atoms with E-state index in [2.05, 4.69) is 4.98 Å². The third-order valence-corrected chi connectivity index (χ3v) is 1.96. The van der Waals surface area contributed by atoms with Gasteiger partial charge in [0.05, 0.1) is 6.61 Å². The molecule has 0 bridgehead atoms. The van der Waals surface area contributed by atoms with Crippen molar-refractivity contribution >= 4 is 27.9 Å². The Kier molecular flexibility index (Phi) is 2.23. The standard InChI is InChI=1S/C9H6ClNO3/c10-8(13)9-11-6-3-5(4-12)1-2-7(6)14-9/h1-3,12H,4H2. The Morgan fingerprint density at radius 3 is 3.00 bits per heavy atom. The molecule has 0 aliphatic carbocycles. The second-order valence-corrected chi connectivity index (χ2v) is 3.10. The van der Waals surface area contributed by atoms with Gasteiger partial charge in [0.25, 0.3) is 5.89 Å². The molecule has 4 nitrogen and oxygen atoms in total. The number of nitrogens with zero attached hydrogens (tertiary/aromatic N) is 1. The molecule has 0 unspecified atom stereocenters. The van der Waals surface area contributed by atoms with Crippen molar-refractivity contribution in [2.45, 2.75) is 6.61 Å². The zero-order chi connectivity index (χ0) is 10.1. The van der Waals surface area contributed by atoms with Crippen LogP contribution in [0.2, 0.25) is 0 Å². The monoisotopic (exact) mass is 211 g/mol. The molecule has 0 aliphatic heterocycles. The summed E-state index contributed by atoms with van der Waals surface area (Å²) in [6.07, 6.45) is 0. The van der Waals surface area contributed by atoms with Gasteiger partial charge in [-0.25, -0.2) is 4.98 Å². The summed E-state index contributed by atoms with van der Waals surface area (Å²) in [4.78, 5) is 14.6. The molecule has 0 amide bonds. The third kappa shape index (κ3) is 1.49. The van der Waals surface area contributed by atoms with Gasteiger partial charge in [0.2, 0.25) is 0 Å². The van der Waals surface area contributed by atoms with Crippen molar-refractivity contribution in [2.24, 2.45) is 0 Å². The number of aromatic nitrogens is 1. The van der Waals surface area contributed by atoms with Crippen LogP contribution in [0.15, 0.2) is 22.6 Å². The van der Waals surface area contributed by atoms with Crippen LogP contribution in [0.4, 0.5) is 0 Å². The van der Waals surface area contributed by atoms with E-state index in [0.29, 0.717) is 16.7 Å². The van der Waals surface area contributed by atoms with E-state index in [1.807, 2.05) is 0 Å². The number of rotatable bonds is 2. The van der Waals surface area contributed by atoms with Crippen LogP contribution in [-0.4, -0.2) is 15.3 Å². The number of aliphatic hydroxyl groups is 1. The molecule has 5 heteroatoms. The zero-order valence-corrected chi connectivity index (χ0v) is 7.78.